The van der Waals surface area contributed by atoms with Crippen LogP contribution >= 0.6 is 23.7 Å². The van der Waals surface area contributed by atoms with Gasteiger partial charge in [0.2, 0.25) is 20.0 Å². The van der Waals surface area contributed by atoms with Crippen LogP contribution in [0.4, 0.5) is 0 Å². The molecule has 1 aliphatic heterocycles. The average Bonchev–Trinajstić information content (AvgIpc) is 2.96. The normalized spacial score (nSPS) is 21.7. The van der Waals surface area contributed by atoms with Crippen LogP contribution in [-0.2, 0) is 26.5 Å². The molecule has 1 aromatic heterocycles. The molecule has 1 aromatic rings. The Hall–Kier alpha value is -0.230. The van der Waals surface area contributed by atoms with Gasteiger partial charge in [-0.3, -0.25) is 0 Å². The van der Waals surface area contributed by atoms with Crippen molar-refractivity contribution in [1.29, 1.82) is 0 Å². The first-order chi connectivity index (χ1) is 11.2. The SMILES string of the molecule is CCS(=O)(=O)NCCc1ccc(S(=O)(=O)NC2CCNC(C)C2)s1.Cl. The van der Waals surface area contributed by atoms with Crippen LogP contribution in [0.2, 0.25) is 0 Å². The lowest BCUT2D eigenvalue weighted by molar-refractivity contribution is 0.361. The summed E-state index contributed by atoms with van der Waals surface area (Å²) < 4.78 is 53.2. The summed E-state index contributed by atoms with van der Waals surface area (Å²) in [6, 6.07) is 3.58. The van der Waals surface area contributed by atoms with Gasteiger partial charge in [-0.05, 0) is 51.8 Å². The summed E-state index contributed by atoms with van der Waals surface area (Å²) in [6.07, 6.45) is 2.03. The van der Waals surface area contributed by atoms with Crippen LogP contribution in [0.1, 0.15) is 31.6 Å². The molecule has 2 rings (SSSR count). The monoisotopic (exact) mass is 431 g/mol. The minimum Gasteiger partial charge on any atom is -0.314 e. The molecule has 146 valence electrons. The van der Waals surface area contributed by atoms with Crippen LogP contribution < -0.4 is 14.8 Å². The van der Waals surface area contributed by atoms with Crippen LogP contribution in [0.15, 0.2) is 16.3 Å². The maximum atomic E-state index is 12.5. The molecule has 25 heavy (non-hydrogen) atoms. The highest BCUT2D eigenvalue weighted by molar-refractivity contribution is 7.91. The molecular formula is C14H26ClN3O4S3. The number of thiophene rings is 1. The Morgan fingerprint density at radius 1 is 1.28 bits per heavy atom. The first kappa shape index (κ1) is 22.8. The summed E-state index contributed by atoms with van der Waals surface area (Å²) in [5.74, 6) is 0.0374. The highest BCUT2D eigenvalue weighted by atomic mass is 35.5. The third-order valence-corrected chi connectivity index (χ3v) is 8.48. The van der Waals surface area contributed by atoms with Gasteiger partial charge in [0.1, 0.15) is 4.21 Å². The predicted octanol–water partition coefficient (Wildman–Crippen LogP) is 1.07. The number of sulfonamides is 2. The molecule has 2 atom stereocenters. The summed E-state index contributed by atoms with van der Waals surface area (Å²) in [6.45, 7) is 4.70. The van der Waals surface area contributed by atoms with Crippen molar-refractivity contribution in [3.05, 3.63) is 17.0 Å². The fourth-order valence-corrected chi connectivity index (χ4v) is 5.86. The lowest BCUT2D eigenvalue weighted by atomic mass is 10.0. The van der Waals surface area contributed by atoms with Gasteiger partial charge >= 0.3 is 0 Å². The highest BCUT2D eigenvalue weighted by Crippen LogP contribution is 2.23. The molecule has 11 heteroatoms. The number of piperidine rings is 1. The van der Waals surface area contributed by atoms with Gasteiger partial charge < -0.3 is 5.32 Å². The van der Waals surface area contributed by atoms with E-state index in [0.29, 0.717) is 12.5 Å². The topological polar surface area (TPSA) is 104 Å². The fraction of sp³-hybridized carbons (Fsp3) is 0.714. The molecule has 0 aliphatic carbocycles. The Morgan fingerprint density at radius 3 is 2.64 bits per heavy atom. The fourth-order valence-electron chi connectivity index (χ4n) is 2.59. The minimum atomic E-state index is -3.52. The standard InChI is InChI=1S/C14H25N3O4S3.ClH/c1-3-23(18,19)16-9-7-13-4-5-14(22-13)24(20,21)17-12-6-8-15-11(2)10-12;/h4-5,11-12,15-17H,3,6-10H2,1-2H3;1H. The quantitative estimate of drug-likeness (QED) is 0.571. The predicted molar refractivity (Wildman–Crippen MR) is 104 cm³/mol. The van der Waals surface area contributed by atoms with Crippen molar-refractivity contribution in [2.24, 2.45) is 0 Å². The van der Waals surface area contributed by atoms with Crippen molar-refractivity contribution in [3.8, 4) is 0 Å². The van der Waals surface area contributed by atoms with Crippen LogP contribution in [0, 0.1) is 0 Å². The molecule has 1 aliphatic rings. The van der Waals surface area contributed by atoms with Crippen molar-refractivity contribution in [1.82, 2.24) is 14.8 Å². The van der Waals surface area contributed by atoms with E-state index in [2.05, 4.69) is 14.8 Å². The number of halogens is 1. The smallest absolute Gasteiger partial charge is 0.250 e. The summed E-state index contributed by atoms with van der Waals surface area (Å²) in [5.41, 5.74) is 0. The Labute approximate surface area is 160 Å². The Bertz CT molecular complexity index is 749. The van der Waals surface area contributed by atoms with Crippen molar-refractivity contribution in [2.75, 3.05) is 18.8 Å². The van der Waals surface area contributed by atoms with Gasteiger partial charge in [-0.1, -0.05) is 0 Å². The zero-order valence-electron chi connectivity index (χ0n) is 14.3. The number of hydrogen-bond acceptors (Lipinski definition) is 6. The molecule has 0 radical (unpaired) electrons. The van der Waals surface area contributed by atoms with E-state index in [4.69, 9.17) is 0 Å². The molecule has 1 fully saturated rings. The molecule has 0 bridgehead atoms. The molecule has 0 spiro atoms. The Morgan fingerprint density at radius 2 is 2.00 bits per heavy atom. The van der Waals surface area contributed by atoms with Crippen LogP contribution in [0.3, 0.4) is 0 Å². The maximum absolute atomic E-state index is 12.5. The average molecular weight is 432 g/mol. The lowest BCUT2D eigenvalue weighted by Gasteiger charge is -2.28. The van der Waals surface area contributed by atoms with E-state index < -0.39 is 20.0 Å². The second-order valence-electron chi connectivity index (χ2n) is 5.97. The summed E-state index contributed by atoms with van der Waals surface area (Å²) in [7, 11) is -6.74. The van der Waals surface area contributed by atoms with E-state index in [1.54, 1.807) is 19.1 Å². The minimum absolute atomic E-state index is 0. The van der Waals surface area contributed by atoms with Gasteiger partial charge in [0.25, 0.3) is 0 Å². The molecular weight excluding hydrogens is 406 g/mol. The van der Waals surface area contributed by atoms with Gasteiger partial charge in [0.05, 0.1) is 5.75 Å². The number of nitrogens with one attached hydrogen (secondary N) is 3. The Kier molecular flexibility index (Phi) is 8.79. The van der Waals surface area contributed by atoms with Crippen LogP contribution in [-0.4, -0.2) is 47.8 Å². The van der Waals surface area contributed by atoms with E-state index in [1.165, 1.54) is 11.3 Å². The summed E-state index contributed by atoms with van der Waals surface area (Å²) >= 11 is 1.19. The van der Waals surface area contributed by atoms with Gasteiger partial charge in [0.15, 0.2) is 0 Å². The van der Waals surface area contributed by atoms with Crippen molar-refractivity contribution >= 4 is 43.8 Å². The molecule has 0 aromatic carbocycles. The molecule has 2 heterocycles. The van der Waals surface area contributed by atoms with Crippen LogP contribution in [0.5, 0.6) is 0 Å². The highest BCUT2D eigenvalue weighted by Gasteiger charge is 2.25. The van der Waals surface area contributed by atoms with Crippen molar-refractivity contribution in [3.63, 3.8) is 0 Å². The van der Waals surface area contributed by atoms with Gasteiger partial charge in [-0.15, -0.1) is 23.7 Å². The van der Waals surface area contributed by atoms with Crippen molar-refractivity contribution in [2.45, 2.75) is 49.4 Å². The van der Waals surface area contributed by atoms with E-state index >= 15 is 0 Å². The number of rotatable bonds is 8. The van der Waals surface area contributed by atoms with Gasteiger partial charge in [-0.2, -0.15) is 0 Å². The molecule has 0 amide bonds. The molecule has 1 saturated heterocycles. The van der Waals surface area contributed by atoms with E-state index in [0.717, 1.165) is 24.3 Å². The van der Waals surface area contributed by atoms with Crippen LogP contribution in [0.25, 0.3) is 0 Å². The van der Waals surface area contributed by atoms with Gasteiger partial charge in [-0.25, -0.2) is 26.3 Å². The van der Waals surface area contributed by atoms with E-state index in [-0.39, 0.29) is 35.0 Å². The first-order valence-electron chi connectivity index (χ1n) is 8.03. The number of hydrogen-bond donors (Lipinski definition) is 3. The zero-order chi connectivity index (χ0) is 17.8. The summed E-state index contributed by atoms with van der Waals surface area (Å²) in [5, 5.41) is 3.29. The zero-order valence-corrected chi connectivity index (χ0v) is 17.6. The first-order valence-corrected chi connectivity index (χ1v) is 12.0. The van der Waals surface area contributed by atoms with E-state index in [9.17, 15) is 16.8 Å². The van der Waals surface area contributed by atoms with Crippen molar-refractivity contribution < 1.29 is 16.8 Å². The molecule has 0 saturated carbocycles. The molecule has 2 unspecified atom stereocenters. The third kappa shape index (κ3) is 7.12. The Balaban J connectivity index is 0.00000312. The summed E-state index contributed by atoms with van der Waals surface area (Å²) in [4.78, 5) is 0.841. The van der Waals surface area contributed by atoms with E-state index in [1.807, 2.05) is 6.92 Å². The largest absolute Gasteiger partial charge is 0.314 e. The molecule has 3 N–H and O–H groups in total. The second-order valence-corrected chi connectivity index (χ2v) is 11.2. The molecule has 7 nitrogen and oxygen atoms in total. The lowest BCUT2D eigenvalue weighted by Crippen LogP contribution is -2.46. The second kappa shape index (κ2) is 9.63. The van der Waals surface area contributed by atoms with Gasteiger partial charge in [0, 0.05) is 23.5 Å². The maximum Gasteiger partial charge on any atom is 0.250 e. The third-order valence-electron chi connectivity index (χ3n) is 3.92.